The first-order valence-electron chi connectivity index (χ1n) is 4.70. The standard InChI is InChI=1S/C8H17N3O3/c1-10-2-4-11(5-3-10)8(13)9-14-7-6-12/h12H,2-7H2,1H3,(H,9,13). The molecule has 1 fully saturated rings. The molecular formula is C8H17N3O3. The summed E-state index contributed by atoms with van der Waals surface area (Å²) in [6.07, 6.45) is 0. The third-order valence-corrected chi connectivity index (χ3v) is 2.14. The first-order valence-corrected chi connectivity index (χ1v) is 4.70. The van der Waals surface area contributed by atoms with E-state index in [9.17, 15) is 4.79 Å². The predicted octanol–water partition coefficient (Wildman–Crippen LogP) is -1.13. The Kier molecular flexibility index (Phi) is 4.64. The van der Waals surface area contributed by atoms with Crippen LogP contribution >= 0.6 is 0 Å². The van der Waals surface area contributed by atoms with Gasteiger partial charge in [0.15, 0.2) is 0 Å². The lowest BCUT2D eigenvalue weighted by atomic mass is 10.3. The molecule has 14 heavy (non-hydrogen) atoms. The van der Waals surface area contributed by atoms with Crippen LogP contribution < -0.4 is 5.48 Å². The van der Waals surface area contributed by atoms with Crippen molar-refractivity contribution in [1.82, 2.24) is 15.3 Å². The zero-order chi connectivity index (χ0) is 10.4. The number of aliphatic hydroxyl groups excluding tert-OH is 1. The van der Waals surface area contributed by atoms with E-state index in [0.29, 0.717) is 13.1 Å². The van der Waals surface area contributed by atoms with Gasteiger partial charge in [0.05, 0.1) is 13.2 Å². The summed E-state index contributed by atoms with van der Waals surface area (Å²) in [6.45, 7) is 3.22. The number of hydrogen-bond acceptors (Lipinski definition) is 4. The summed E-state index contributed by atoms with van der Waals surface area (Å²) < 4.78 is 0. The lowest BCUT2D eigenvalue weighted by Gasteiger charge is -2.32. The van der Waals surface area contributed by atoms with Crippen LogP contribution in [0.5, 0.6) is 0 Å². The summed E-state index contributed by atoms with van der Waals surface area (Å²) in [5.74, 6) is 0. The number of urea groups is 1. The normalized spacial score (nSPS) is 18.3. The Morgan fingerprint density at radius 3 is 2.64 bits per heavy atom. The van der Waals surface area contributed by atoms with Gasteiger partial charge in [-0.3, -0.25) is 4.84 Å². The van der Waals surface area contributed by atoms with Gasteiger partial charge >= 0.3 is 6.03 Å². The van der Waals surface area contributed by atoms with Crippen molar-refractivity contribution in [3.8, 4) is 0 Å². The molecular weight excluding hydrogens is 186 g/mol. The minimum absolute atomic E-state index is 0.0942. The Hall–Kier alpha value is -0.850. The molecule has 1 aliphatic rings. The van der Waals surface area contributed by atoms with Crippen LogP contribution in [0.25, 0.3) is 0 Å². The van der Waals surface area contributed by atoms with E-state index in [4.69, 9.17) is 9.94 Å². The molecule has 0 saturated carbocycles. The van der Waals surface area contributed by atoms with Crippen molar-refractivity contribution >= 4 is 6.03 Å². The van der Waals surface area contributed by atoms with Gasteiger partial charge in [0.2, 0.25) is 0 Å². The van der Waals surface area contributed by atoms with E-state index in [-0.39, 0.29) is 19.2 Å². The van der Waals surface area contributed by atoms with E-state index in [2.05, 4.69) is 10.4 Å². The van der Waals surface area contributed by atoms with Gasteiger partial charge in [-0.2, -0.15) is 0 Å². The third-order valence-electron chi connectivity index (χ3n) is 2.14. The van der Waals surface area contributed by atoms with Crippen LogP contribution in [0.1, 0.15) is 0 Å². The van der Waals surface area contributed by atoms with Crippen molar-refractivity contribution in [3.05, 3.63) is 0 Å². The number of aliphatic hydroxyl groups is 1. The molecule has 1 heterocycles. The summed E-state index contributed by atoms with van der Waals surface area (Å²) in [5.41, 5.74) is 2.28. The molecule has 0 unspecified atom stereocenters. The molecule has 0 atom stereocenters. The highest BCUT2D eigenvalue weighted by Gasteiger charge is 2.18. The summed E-state index contributed by atoms with van der Waals surface area (Å²) in [4.78, 5) is 19.9. The Morgan fingerprint density at radius 1 is 1.43 bits per heavy atom. The molecule has 0 aromatic rings. The number of piperazine rings is 1. The largest absolute Gasteiger partial charge is 0.394 e. The van der Waals surface area contributed by atoms with E-state index >= 15 is 0 Å². The Balaban J connectivity index is 2.17. The quantitative estimate of drug-likeness (QED) is 0.450. The second-order valence-electron chi connectivity index (χ2n) is 3.27. The molecule has 0 bridgehead atoms. The number of carbonyl (C=O) groups is 1. The monoisotopic (exact) mass is 203 g/mol. The fraction of sp³-hybridized carbons (Fsp3) is 0.875. The van der Waals surface area contributed by atoms with Gasteiger partial charge in [-0.15, -0.1) is 0 Å². The maximum Gasteiger partial charge on any atom is 0.341 e. The lowest BCUT2D eigenvalue weighted by Crippen LogP contribution is -2.50. The van der Waals surface area contributed by atoms with E-state index in [1.54, 1.807) is 4.90 Å². The highest BCUT2D eigenvalue weighted by Crippen LogP contribution is 1.98. The predicted molar refractivity (Wildman–Crippen MR) is 50.6 cm³/mol. The zero-order valence-electron chi connectivity index (χ0n) is 8.40. The Bertz CT molecular complexity index is 181. The highest BCUT2D eigenvalue weighted by atomic mass is 16.7. The molecule has 2 amide bonds. The molecule has 6 nitrogen and oxygen atoms in total. The number of rotatable bonds is 3. The maximum absolute atomic E-state index is 11.4. The summed E-state index contributed by atoms with van der Waals surface area (Å²) >= 11 is 0. The Morgan fingerprint density at radius 2 is 2.07 bits per heavy atom. The fourth-order valence-corrected chi connectivity index (χ4v) is 1.23. The average Bonchev–Trinajstić information content (AvgIpc) is 2.19. The summed E-state index contributed by atoms with van der Waals surface area (Å²) in [7, 11) is 2.03. The molecule has 1 aliphatic heterocycles. The minimum Gasteiger partial charge on any atom is -0.394 e. The Labute approximate surface area is 83.4 Å². The van der Waals surface area contributed by atoms with Gasteiger partial charge in [-0.25, -0.2) is 10.3 Å². The van der Waals surface area contributed by atoms with Gasteiger partial charge in [-0.05, 0) is 7.05 Å². The first kappa shape index (κ1) is 11.2. The fourth-order valence-electron chi connectivity index (χ4n) is 1.23. The van der Waals surface area contributed by atoms with Crippen LogP contribution in [0, 0.1) is 0 Å². The SMILES string of the molecule is CN1CCN(C(=O)NOCCO)CC1. The van der Waals surface area contributed by atoms with Crippen LogP contribution in [-0.2, 0) is 4.84 Å². The first-order chi connectivity index (χ1) is 6.74. The second-order valence-corrected chi connectivity index (χ2v) is 3.27. The van der Waals surface area contributed by atoms with Crippen molar-refractivity contribution in [2.75, 3.05) is 46.4 Å². The highest BCUT2D eigenvalue weighted by molar-refractivity contribution is 5.73. The molecule has 6 heteroatoms. The van der Waals surface area contributed by atoms with E-state index < -0.39 is 0 Å². The molecule has 2 N–H and O–H groups in total. The topological polar surface area (TPSA) is 65.0 Å². The van der Waals surface area contributed by atoms with E-state index in [1.165, 1.54) is 0 Å². The molecule has 0 spiro atoms. The van der Waals surface area contributed by atoms with Gasteiger partial charge in [0.1, 0.15) is 0 Å². The third kappa shape index (κ3) is 3.49. The van der Waals surface area contributed by atoms with Gasteiger partial charge < -0.3 is 14.9 Å². The molecule has 0 aromatic carbocycles. The summed E-state index contributed by atoms with van der Waals surface area (Å²) in [6, 6.07) is -0.230. The number of amides is 2. The lowest BCUT2D eigenvalue weighted by molar-refractivity contribution is 0.0226. The van der Waals surface area contributed by atoms with Crippen molar-refractivity contribution in [2.45, 2.75) is 0 Å². The molecule has 1 rings (SSSR count). The van der Waals surface area contributed by atoms with Crippen LogP contribution in [0.2, 0.25) is 0 Å². The van der Waals surface area contributed by atoms with Crippen LogP contribution in [-0.4, -0.2) is 67.4 Å². The number of likely N-dealkylation sites (N-methyl/N-ethyl adjacent to an activating group) is 1. The number of carbonyl (C=O) groups excluding carboxylic acids is 1. The molecule has 82 valence electrons. The van der Waals surface area contributed by atoms with Crippen LogP contribution in [0.4, 0.5) is 4.79 Å². The molecule has 0 radical (unpaired) electrons. The summed E-state index contributed by atoms with van der Waals surface area (Å²) in [5, 5.41) is 8.43. The number of hydrogen-bond donors (Lipinski definition) is 2. The average molecular weight is 203 g/mol. The minimum atomic E-state index is -0.230. The molecule has 0 aliphatic carbocycles. The number of nitrogens with zero attached hydrogens (tertiary/aromatic N) is 2. The molecule has 1 saturated heterocycles. The number of nitrogens with one attached hydrogen (secondary N) is 1. The second kappa shape index (κ2) is 5.79. The van der Waals surface area contributed by atoms with Gasteiger partial charge in [-0.1, -0.05) is 0 Å². The molecule has 0 aromatic heterocycles. The zero-order valence-corrected chi connectivity index (χ0v) is 8.40. The van der Waals surface area contributed by atoms with Gasteiger partial charge in [0.25, 0.3) is 0 Å². The van der Waals surface area contributed by atoms with Crippen molar-refractivity contribution in [1.29, 1.82) is 0 Å². The van der Waals surface area contributed by atoms with E-state index in [0.717, 1.165) is 13.1 Å². The van der Waals surface area contributed by atoms with Crippen LogP contribution in [0.15, 0.2) is 0 Å². The maximum atomic E-state index is 11.4. The van der Waals surface area contributed by atoms with Crippen molar-refractivity contribution in [2.24, 2.45) is 0 Å². The van der Waals surface area contributed by atoms with Crippen molar-refractivity contribution in [3.63, 3.8) is 0 Å². The van der Waals surface area contributed by atoms with Crippen LogP contribution in [0.3, 0.4) is 0 Å². The smallest absolute Gasteiger partial charge is 0.341 e. The number of hydroxylamine groups is 1. The van der Waals surface area contributed by atoms with E-state index in [1.807, 2.05) is 7.05 Å². The van der Waals surface area contributed by atoms with Gasteiger partial charge in [0, 0.05) is 26.2 Å². The van der Waals surface area contributed by atoms with Crippen molar-refractivity contribution < 1.29 is 14.7 Å².